The van der Waals surface area contributed by atoms with Crippen molar-refractivity contribution in [3.8, 4) is 5.75 Å². The van der Waals surface area contributed by atoms with Crippen LogP contribution in [0.15, 0.2) is 60.2 Å². The Hall–Kier alpha value is -3.61. The van der Waals surface area contributed by atoms with Crippen LogP contribution in [0.3, 0.4) is 0 Å². The van der Waals surface area contributed by atoms with Gasteiger partial charge < -0.3 is 19.7 Å². The first kappa shape index (κ1) is 28.4. The summed E-state index contributed by atoms with van der Waals surface area (Å²) in [6.07, 6.45) is 8.39. The SMILES string of the molecule is CCOC(=O)/C(=C/c1ccc(OCC(=O)NCCCc2ccccc2)cc1)CC(=O)N1C[C@H]2CCCC[C@H]2C1. The summed E-state index contributed by atoms with van der Waals surface area (Å²) in [7, 11) is 0. The molecule has 2 aromatic carbocycles. The zero-order valence-corrected chi connectivity index (χ0v) is 22.9. The molecule has 1 heterocycles. The molecular weight excluding hydrogens is 492 g/mol. The lowest BCUT2D eigenvalue weighted by Crippen LogP contribution is -2.30. The maximum absolute atomic E-state index is 13.1. The minimum Gasteiger partial charge on any atom is -0.484 e. The van der Waals surface area contributed by atoms with Crippen molar-refractivity contribution >= 4 is 23.9 Å². The van der Waals surface area contributed by atoms with Crippen molar-refractivity contribution in [2.75, 3.05) is 32.8 Å². The summed E-state index contributed by atoms with van der Waals surface area (Å²) in [5.74, 6) is 1.10. The maximum atomic E-state index is 13.1. The van der Waals surface area contributed by atoms with Gasteiger partial charge in [0.15, 0.2) is 6.61 Å². The van der Waals surface area contributed by atoms with Crippen LogP contribution in [0.4, 0.5) is 0 Å². The molecule has 7 heteroatoms. The molecule has 2 aliphatic rings. The highest BCUT2D eigenvalue weighted by Gasteiger charge is 2.36. The zero-order valence-electron chi connectivity index (χ0n) is 22.9. The van der Waals surface area contributed by atoms with Crippen LogP contribution in [0.1, 0.15) is 56.6 Å². The summed E-state index contributed by atoms with van der Waals surface area (Å²) in [5.41, 5.74) is 2.36. The minimum atomic E-state index is -0.466. The van der Waals surface area contributed by atoms with Crippen LogP contribution in [-0.2, 0) is 25.5 Å². The van der Waals surface area contributed by atoms with Crippen LogP contribution >= 0.6 is 0 Å². The number of hydrogen-bond acceptors (Lipinski definition) is 5. The van der Waals surface area contributed by atoms with Gasteiger partial charge in [-0.1, -0.05) is 55.3 Å². The average Bonchev–Trinajstić information content (AvgIpc) is 3.40. The number of benzene rings is 2. The molecule has 0 radical (unpaired) electrons. The molecule has 2 amide bonds. The highest BCUT2D eigenvalue weighted by molar-refractivity contribution is 5.99. The van der Waals surface area contributed by atoms with Gasteiger partial charge in [-0.05, 0) is 73.8 Å². The first-order valence-electron chi connectivity index (χ1n) is 14.2. The van der Waals surface area contributed by atoms with E-state index >= 15 is 0 Å². The highest BCUT2D eigenvalue weighted by atomic mass is 16.5. The van der Waals surface area contributed by atoms with E-state index in [9.17, 15) is 14.4 Å². The molecule has 1 saturated carbocycles. The van der Waals surface area contributed by atoms with Gasteiger partial charge in [0.2, 0.25) is 5.91 Å². The number of carbonyl (C=O) groups is 3. The quantitative estimate of drug-likeness (QED) is 0.241. The predicted molar refractivity (Wildman–Crippen MR) is 151 cm³/mol. The Kier molecular flexibility index (Phi) is 10.6. The predicted octanol–water partition coefficient (Wildman–Crippen LogP) is 4.80. The van der Waals surface area contributed by atoms with E-state index in [0.29, 0.717) is 29.7 Å². The third kappa shape index (κ3) is 8.70. The standard InChI is InChI=1S/C32H40N2O5/c1-2-38-32(37)28(20-31(36)34-21-26-12-6-7-13-27(26)22-34)19-25-14-16-29(17-15-25)39-23-30(35)33-18-8-11-24-9-4-3-5-10-24/h3-5,9-10,14-17,19,26-27H,2,6-8,11-13,18,20-23H2,1H3,(H,33,35)/b28-19+/t26-,27+. The number of esters is 1. The Bertz CT molecular complexity index is 1120. The molecule has 0 bridgehead atoms. The number of ether oxygens (including phenoxy) is 2. The number of nitrogens with one attached hydrogen (secondary N) is 1. The largest absolute Gasteiger partial charge is 0.484 e. The number of nitrogens with zero attached hydrogens (tertiary/aromatic N) is 1. The topological polar surface area (TPSA) is 84.9 Å². The Morgan fingerprint density at radius 1 is 0.974 bits per heavy atom. The number of rotatable bonds is 12. The third-order valence-electron chi connectivity index (χ3n) is 7.61. The van der Waals surface area contributed by atoms with Crippen molar-refractivity contribution < 1.29 is 23.9 Å². The van der Waals surface area contributed by atoms with Gasteiger partial charge in [0.05, 0.1) is 13.0 Å². The molecule has 0 aromatic heterocycles. The number of amides is 2. The van der Waals surface area contributed by atoms with Gasteiger partial charge in [0.25, 0.3) is 5.91 Å². The van der Waals surface area contributed by atoms with Crippen molar-refractivity contribution in [1.29, 1.82) is 0 Å². The summed E-state index contributed by atoms with van der Waals surface area (Å²) in [4.78, 5) is 39.8. The highest BCUT2D eigenvalue weighted by Crippen LogP contribution is 2.36. The zero-order chi connectivity index (χ0) is 27.5. The lowest BCUT2D eigenvalue weighted by molar-refractivity contribution is -0.140. The molecule has 1 aliphatic heterocycles. The second-order valence-corrected chi connectivity index (χ2v) is 10.5. The third-order valence-corrected chi connectivity index (χ3v) is 7.61. The van der Waals surface area contributed by atoms with Gasteiger partial charge in [0, 0.05) is 25.2 Å². The molecule has 4 rings (SSSR count). The van der Waals surface area contributed by atoms with Crippen molar-refractivity contribution in [2.45, 2.75) is 51.9 Å². The first-order valence-corrected chi connectivity index (χ1v) is 14.2. The van der Waals surface area contributed by atoms with Crippen molar-refractivity contribution in [1.82, 2.24) is 10.2 Å². The van der Waals surface area contributed by atoms with Crippen LogP contribution in [0, 0.1) is 11.8 Å². The fourth-order valence-electron chi connectivity index (χ4n) is 5.52. The van der Waals surface area contributed by atoms with E-state index in [2.05, 4.69) is 17.4 Å². The fraction of sp³-hybridized carbons (Fsp3) is 0.469. The maximum Gasteiger partial charge on any atom is 0.334 e. The summed E-state index contributed by atoms with van der Waals surface area (Å²) in [6.45, 7) is 4.13. The van der Waals surface area contributed by atoms with Crippen LogP contribution < -0.4 is 10.1 Å². The van der Waals surface area contributed by atoms with E-state index < -0.39 is 5.97 Å². The number of carbonyl (C=O) groups excluding carboxylic acids is 3. The smallest absolute Gasteiger partial charge is 0.334 e. The molecule has 7 nitrogen and oxygen atoms in total. The van der Waals surface area contributed by atoms with Gasteiger partial charge >= 0.3 is 5.97 Å². The number of aryl methyl sites for hydroxylation is 1. The lowest BCUT2D eigenvalue weighted by Gasteiger charge is -2.22. The van der Waals surface area contributed by atoms with Crippen LogP contribution in [0.2, 0.25) is 0 Å². The average molecular weight is 533 g/mol. The molecule has 1 aliphatic carbocycles. The van der Waals surface area contributed by atoms with E-state index in [4.69, 9.17) is 9.47 Å². The molecular formula is C32H40N2O5. The normalized spacial score (nSPS) is 18.8. The summed E-state index contributed by atoms with van der Waals surface area (Å²) in [6, 6.07) is 17.3. The Balaban J connectivity index is 1.26. The van der Waals surface area contributed by atoms with Crippen molar-refractivity contribution in [3.05, 3.63) is 71.3 Å². The van der Waals surface area contributed by atoms with Gasteiger partial charge in [-0.2, -0.15) is 0 Å². The van der Waals surface area contributed by atoms with Crippen LogP contribution in [0.5, 0.6) is 5.75 Å². The summed E-state index contributed by atoms with van der Waals surface area (Å²) in [5, 5.41) is 2.88. The molecule has 0 spiro atoms. The van der Waals surface area contributed by atoms with Crippen LogP contribution in [0.25, 0.3) is 6.08 Å². The lowest BCUT2D eigenvalue weighted by atomic mass is 9.82. The number of likely N-dealkylation sites (tertiary alicyclic amines) is 1. The Morgan fingerprint density at radius 3 is 2.33 bits per heavy atom. The van der Waals surface area contributed by atoms with E-state index in [-0.39, 0.29) is 31.4 Å². The van der Waals surface area contributed by atoms with Crippen molar-refractivity contribution in [2.24, 2.45) is 11.8 Å². The van der Waals surface area contributed by atoms with Gasteiger partial charge in [0.1, 0.15) is 5.75 Å². The molecule has 1 N–H and O–H groups in total. The summed E-state index contributed by atoms with van der Waals surface area (Å²) >= 11 is 0. The number of hydrogen-bond donors (Lipinski definition) is 1. The Morgan fingerprint density at radius 2 is 1.67 bits per heavy atom. The first-order chi connectivity index (χ1) is 19.0. The fourth-order valence-corrected chi connectivity index (χ4v) is 5.52. The van der Waals surface area contributed by atoms with E-state index in [1.807, 2.05) is 23.1 Å². The minimum absolute atomic E-state index is 0.0153. The second-order valence-electron chi connectivity index (χ2n) is 10.5. The van der Waals surface area contributed by atoms with Crippen molar-refractivity contribution in [3.63, 3.8) is 0 Å². The molecule has 2 atom stereocenters. The van der Waals surface area contributed by atoms with E-state index in [1.54, 1.807) is 37.3 Å². The van der Waals surface area contributed by atoms with Crippen LogP contribution in [-0.4, -0.2) is 55.5 Å². The van der Waals surface area contributed by atoms with Gasteiger partial charge in [-0.25, -0.2) is 4.79 Å². The molecule has 39 heavy (non-hydrogen) atoms. The molecule has 2 fully saturated rings. The summed E-state index contributed by atoms with van der Waals surface area (Å²) < 4.78 is 10.9. The monoisotopic (exact) mass is 532 g/mol. The van der Waals surface area contributed by atoms with E-state index in [1.165, 1.54) is 31.2 Å². The van der Waals surface area contributed by atoms with E-state index in [0.717, 1.165) is 31.5 Å². The molecule has 208 valence electrons. The molecule has 0 unspecified atom stereocenters. The molecule has 1 saturated heterocycles. The Labute approximate surface area is 231 Å². The second kappa shape index (κ2) is 14.5. The molecule has 2 aromatic rings. The van der Waals surface area contributed by atoms with Gasteiger partial charge in [-0.3, -0.25) is 9.59 Å². The number of fused-ring (bicyclic) bond motifs is 1. The van der Waals surface area contributed by atoms with Gasteiger partial charge in [-0.15, -0.1) is 0 Å².